The van der Waals surface area contributed by atoms with Crippen LogP contribution in [0.2, 0.25) is 0 Å². The van der Waals surface area contributed by atoms with Gasteiger partial charge in [-0.15, -0.1) is 0 Å². The van der Waals surface area contributed by atoms with Gasteiger partial charge >= 0.3 is 0 Å². The monoisotopic (exact) mass is 191 g/mol. The highest BCUT2D eigenvalue weighted by Gasteiger charge is 2.18. The Kier molecular flexibility index (Phi) is 4.63. The van der Waals surface area contributed by atoms with E-state index in [2.05, 4.69) is 4.40 Å². The first kappa shape index (κ1) is 11.8. The molecule has 0 rings (SSSR count). The second-order valence-corrected chi connectivity index (χ2v) is 5.53. The van der Waals surface area contributed by atoms with Gasteiger partial charge in [-0.1, -0.05) is 0 Å². The van der Waals surface area contributed by atoms with E-state index in [1.165, 1.54) is 0 Å². The summed E-state index contributed by atoms with van der Waals surface area (Å²) in [6, 6.07) is 0. The fourth-order valence-corrected chi connectivity index (χ4v) is 1.12. The zero-order valence-electron chi connectivity index (χ0n) is 8.38. The summed E-state index contributed by atoms with van der Waals surface area (Å²) in [4.78, 5) is 0. The molecule has 0 saturated heterocycles. The molecule has 72 valence electrons. The summed E-state index contributed by atoms with van der Waals surface area (Å²) in [5, 5.41) is 0. The summed E-state index contributed by atoms with van der Waals surface area (Å²) in [5.74, 6) is 0. The van der Waals surface area contributed by atoms with Crippen molar-refractivity contribution >= 4 is 16.7 Å². The normalized spacial score (nSPS) is 16.2. The largest absolute Gasteiger partial charge is 0.379 e. The predicted molar refractivity (Wildman–Crippen MR) is 52.9 cm³/mol. The van der Waals surface area contributed by atoms with Crippen LogP contribution in [0.15, 0.2) is 4.40 Å². The molecule has 3 nitrogen and oxygen atoms in total. The molecule has 0 aliphatic heterocycles. The van der Waals surface area contributed by atoms with Crippen LogP contribution < -0.4 is 0 Å². The molecule has 0 aliphatic carbocycles. The van der Waals surface area contributed by atoms with E-state index in [1.807, 2.05) is 27.7 Å². The Morgan fingerprint density at radius 2 is 2.00 bits per heavy atom. The Morgan fingerprint density at radius 1 is 1.50 bits per heavy atom. The maximum absolute atomic E-state index is 11.4. The highest BCUT2D eigenvalue weighted by molar-refractivity contribution is 7.85. The predicted octanol–water partition coefficient (Wildman–Crippen LogP) is 1.56. The molecule has 0 amide bonds. The summed E-state index contributed by atoms with van der Waals surface area (Å²) in [6.45, 7) is 7.95. The van der Waals surface area contributed by atoms with Crippen LogP contribution in [-0.4, -0.2) is 28.4 Å². The van der Waals surface area contributed by atoms with Gasteiger partial charge in [-0.3, -0.25) is 0 Å². The van der Waals surface area contributed by atoms with Crippen molar-refractivity contribution in [2.45, 2.75) is 32.4 Å². The molecule has 4 heteroatoms. The summed E-state index contributed by atoms with van der Waals surface area (Å²) in [6.07, 6.45) is 0. The van der Waals surface area contributed by atoms with Crippen LogP contribution in [0.4, 0.5) is 0 Å². The van der Waals surface area contributed by atoms with E-state index in [0.29, 0.717) is 6.61 Å². The second-order valence-electron chi connectivity index (χ2n) is 3.62. The molecule has 0 N–H and O–H groups in total. The Morgan fingerprint density at radius 3 is 2.33 bits per heavy atom. The molecule has 0 bridgehead atoms. The number of methoxy groups -OCH3 is 1. The van der Waals surface area contributed by atoms with Crippen molar-refractivity contribution in [3.05, 3.63) is 0 Å². The van der Waals surface area contributed by atoms with E-state index >= 15 is 0 Å². The maximum Gasteiger partial charge on any atom is 0.144 e. The van der Waals surface area contributed by atoms with Crippen molar-refractivity contribution in [3.63, 3.8) is 0 Å². The minimum absolute atomic E-state index is 0.283. The number of hydrogen-bond donors (Lipinski definition) is 0. The van der Waals surface area contributed by atoms with Gasteiger partial charge in [0.1, 0.15) is 11.0 Å². The second kappa shape index (κ2) is 4.72. The minimum atomic E-state index is -1.16. The third-order valence-corrected chi connectivity index (χ3v) is 2.64. The molecule has 0 fully saturated rings. The van der Waals surface area contributed by atoms with Crippen molar-refractivity contribution < 1.29 is 8.95 Å². The summed E-state index contributed by atoms with van der Waals surface area (Å²) < 4.78 is 20.0. The van der Waals surface area contributed by atoms with E-state index in [4.69, 9.17) is 4.74 Å². The van der Waals surface area contributed by atoms with Gasteiger partial charge < -0.3 is 4.74 Å². The van der Waals surface area contributed by atoms with Gasteiger partial charge in [-0.2, -0.15) is 4.40 Å². The van der Waals surface area contributed by atoms with E-state index in [1.54, 1.807) is 7.11 Å². The van der Waals surface area contributed by atoms with Crippen molar-refractivity contribution in [2.75, 3.05) is 13.7 Å². The molecular formula is C8H17NO2S. The molecule has 1 unspecified atom stereocenters. The third kappa shape index (κ3) is 4.62. The van der Waals surface area contributed by atoms with Gasteiger partial charge in [0.05, 0.1) is 17.1 Å². The smallest absolute Gasteiger partial charge is 0.144 e. The average molecular weight is 191 g/mol. The van der Waals surface area contributed by atoms with Gasteiger partial charge in [0, 0.05) is 7.11 Å². The standard InChI is InChI=1S/C8H17NO2S/c1-7(6-11-5)9-12(10)8(2,3)4/h6H2,1-5H3. The Bertz CT molecular complexity index is 194. The molecule has 0 aromatic rings. The molecule has 0 aromatic heterocycles. The van der Waals surface area contributed by atoms with Gasteiger partial charge in [0.15, 0.2) is 0 Å². The number of hydrogen-bond acceptors (Lipinski definition) is 2. The van der Waals surface area contributed by atoms with Crippen LogP contribution in [-0.2, 0) is 15.7 Å². The number of nitrogens with zero attached hydrogens (tertiary/aromatic N) is 1. The number of ether oxygens (including phenoxy) is 1. The summed E-state index contributed by atoms with van der Waals surface area (Å²) in [7, 11) is 0.435. The van der Waals surface area contributed by atoms with Crippen LogP contribution in [0.25, 0.3) is 0 Å². The molecule has 0 radical (unpaired) electrons. The molecule has 0 heterocycles. The van der Waals surface area contributed by atoms with Crippen LogP contribution >= 0.6 is 0 Å². The van der Waals surface area contributed by atoms with Crippen molar-refractivity contribution in [1.82, 2.24) is 0 Å². The zero-order chi connectivity index (χ0) is 9.78. The van der Waals surface area contributed by atoms with Gasteiger partial charge in [-0.05, 0) is 27.7 Å². The van der Waals surface area contributed by atoms with E-state index < -0.39 is 11.0 Å². The molecule has 0 saturated carbocycles. The molecule has 0 aromatic carbocycles. The van der Waals surface area contributed by atoms with Crippen molar-refractivity contribution in [2.24, 2.45) is 4.40 Å². The van der Waals surface area contributed by atoms with E-state index in [0.717, 1.165) is 5.71 Å². The quantitative estimate of drug-likeness (QED) is 0.635. The highest BCUT2D eigenvalue weighted by atomic mass is 32.2. The lowest BCUT2D eigenvalue weighted by Gasteiger charge is -2.13. The molecule has 0 spiro atoms. The van der Waals surface area contributed by atoms with Crippen molar-refractivity contribution in [3.8, 4) is 0 Å². The Balaban J connectivity index is 4.24. The van der Waals surface area contributed by atoms with Gasteiger partial charge in [0.25, 0.3) is 0 Å². The minimum Gasteiger partial charge on any atom is -0.379 e. The fraction of sp³-hybridized carbons (Fsp3) is 0.875. The van der Waals surface area contributed by atoms with Crippen LogP contribution in [0, 0.1) is 0 Å². The summed E-state index contributed by atoms with van der Waals surface area (Å²) >= 11 is 0. The first-order valence-electron chi connectivity index (χ1n) is 3.83. The topological polar surface area (TPSA) is 38.7 Å². The van der Waals surface area contributed by atoms with Crippen LogP contribution in [0.1, 0.15) is 27.7 Å². The molecule has 0 aliphatic rings. The third-order valence-electron chi connectivity index (χ3n) is 1.12. The number of rotatable bonds is 3. The zero-order valence-corrected chi connectivity index (χ0v) is 9.20. The Hall–Kier alpha value is -0.220. The molecule has 12 heavy (non-hydrogen) atoms. The first-order valence-corrected chi connectivity index (χ1v) is 4.93. The average Bonchev–Trinajstić information content (AvgIpc) is 1.85. The lowest BCUT2D eigenvalue weighted by atomic mass is 10.3. The maximum atomic E-state index is 11.4. The molecular weight excluding hydrogens is 174 g/mol. The van der Waals surface area contributed by atoms with Crippen LogP contribution in [0.5, 0.6) is 0 Å². The fourth-order valence-electron chi connectivity index (χ4n) is 0.514. The lowest BCUT2D eigenvalue weighted by molar-refractivity contribution is 0.245. The lowest BCUT2D eigenvalue weighted by Crippen LogP contribution is -2.21. The summed E-state index contributed by atoms with van der Waals surface area (Å²) in [5.41, 5.74) is 0.769. The SMILES string of the molecule is COCC(C)=NS(=O)C(C)(C)C. The first-order chi connectivity index (χ1) is 5.38. The van der Waals surface area contributed by atoms with E-state index in [-0.39, 0.29) is 4.75 Å². The van der Waals surface area contributed by atoms with E-state index in [9.17, 15) is 4.21 Å². The highest BCUT2D eigenvalue weighted by Crippen LogP contribution is 2.12. The van der Waals surface area contributed by atoms with Crippen LogP contribution in [0.3, 0.4) is 0 Å². The molecule has 1 atom stereocenters. The Labute approximate surface area is 76.8 Å². The van der Waals surface area contributed by atoms with Gasteiger partial charge in [0.2, 0.25) is 0 Å². The van der Waals surface area contributed by atoms with Gasteiger partial charge in [-0.25, -0.2) is 4.21 Å². The van der Waals surface area contributed by atoms with Crippen molar-refractivity contribution in [1.29, 1.82) is 0 Å².